The number of carbonyl (C=O) groups is 1. The average Bonchev–Trinajstić information content (AvgIpc) is 2.15. The maximum Gasteiger partial charge on any atom is 0.234 e. The first-order chi connectivity index (χ1) is 6.90. The van der Waals surface area contributed by atoms with E-state index in [1.54, 1.807) is 7.11 Å². The first kappa shape index (κ1) is 14.9. The van der Waals surface area contributed by atoms with Crippen LogP contribution in [0.25, 0.3) is 0 Å². The zero-order valence-electron chi connectivity index (χ0n) is 10.2. The van der Waals surface area contributed by atoms with Crippen molar-refractivity contribution in [2.24, 2.45) is 11.8 Å². The van der Waals surface area contributed by atoms with E-state index in [0.29, 0.717) is 18.4 Å². The van der Waals surface area contributed by atoms with Crippen molar-refractivity contribution in [2.45, 2.75) is 38.6 Å². The van der Waals surface area contributed by atoms with Gasteiger partial charge in [0.25, 0.3) is 0 Å². The molecule has 2 atom stereocenters. The molecule has 0 rings (SSSR count). The molecule has 3 nitrogen and oxygen atoms in total. The molecule has 2 unspecified atom stereocenters. The fraction of sp³-hybridized carbons (Fsp3) is 0.909. The molecule has 0 aliphatic carbocycles. The predicted octanol–water partition coefficient (Wildman–Crippen LogP) is 2.19. The molecular formula is C11H22BrNO2. The highest BCUT2D eigenvalue weighted by molar-refractivity contribution is 9.10. The van der Waals surface area contributed by atoms with Crippen molar-refractivity contribution in [3.8, 4) is 0 Å². The number of methoxy groups -OCH3 is 1. The Hall–Kier alpha value is -0.0900. The van der Waals surface area contributed by atoms with E-state index in [9.17, 15) is 4.79 Å². The van der Waals surface area contributed by atoms with Crippen molar-refractivity contribution in [3.63, 3.8) is 0 Å². The summed E-state index contributed by atoms with van der Waals surface area (Å²) in [4.78, 5) is 11.6. The minimum Gasteiger partial charge on any atom is -0.383 e. The third-order valence-corrected chi connectivity index (χ3v) is 3.79. The molecule has 0 bridgehead atoms. The number of rotatable bonds is 6. The Bertz CT molecular complexity index is 195. The zero-order chi connectivity index (χ0) is 12.0. The molecule has 0 aromatic carbocycles. The van der Waals surface area contributed by atoms with E-state index >= 15 is 0 Å². The summed E-state index contributed by atoms with van der Waals surface area (Å²) in [5.41, 5.74) is 0. The summed E-state index contributed by atoms with van der Waals surface area (Å²) in [7, 11) is 1.65. The fourth-order valence-electron chi connectivity index (χ4n) is 1.15. The average molecular weight is 280 g/mol. The Labute approximate surface area is 101 Å². The maximum atomic E-state index is 11.8. The molecule has 0 spiro atoms. The second-order valence-electron chi connectivity index (χ2n) is 4.46. The van der Waals surface area contributed by atoms with E-state index in [-0.39, 0.29) is 16.8 Å². The lowest BCUT2D eigenvalue weighted by Crippen LogP contribution is -2.45. The third-order valence-electron chi connectivity index (χ3n) is 2.31. The summed E-state index contributed by atoms with van der Waals surface area (Å²) in [6.45, 7) is 8.73. The van der Waals surface area contributed by atoms with Crippen LogP contribution in [0.4, 0.5) is 0 Å². The molecule has 1 N–H and O–H groups in total. The largest absolute Gasteiger partial charge is 0.383 e. The molecule has 4 heteroatoms. The van der Waals surface area contributed by atoms with Gasteiger partial charge < -0.3 is 10.1 Å². The Morgan fingerprint density at radius 3 is 2.13 bits per heavy atom. The molecule has 0 aromatic heterocycles. The van der Waals surface area contributed by atoms with E-state index in [1.807, 2.05) is 13.8 Å². The van der Waals surface area contributed by atoms with Gasteiger partial charge in [-0.15, -0.1) is 0 Å². The number of hydrogen-bond acceptors (Lipinski definition) is 2. The van der Waals surface area contributed by atoms with Gasteiger partial charge in [-0.3, -0.25) is 4.79 Å². The molecule has 0 aliphatic rings. The summed E-state index contributed by atoms with van der Waals surface area (Å²) >= 11 is 3.38. The molecule has 90 valence electrons. The van der Waals surface area contributed by atoms with E-state index in [4.69, 9.17) is 4.74 Å². The second kappa shape index (κ2) is 7.23. The quantitative estimate of drug-likeness (QED) is 0.757. The van der Waals surface area contributed by atoms with Crippen molar-refractivity contribution in [3.05, 3.63) is 0 Å². The molecule has 0 heterocycles. The molecule has 0 aliphatic heterocycles. The Balaban J connectivity index is 4.22. The van der Waals surface area contributed by atoms with Gasteiger partial charge in [-0.1, -0.05) is 43.6 Å². The number of ether oxygens (including phenoxy) is 1. The van der Waals surface area contributed by atoms with Gasteiger partial charge >= 0.3 is 0 Å². The van der Waals surface area contributed by atoms with Crippen LogP contribution in [0.5, 0.6) is 0 Å². The molecule has 0 saturated heterocycles. The first-order valence-electron chi connectivity index (χ1n) is 5.33. The van der Waals surface area contributed by atoms with Crippen molar-refractivity contribution >= 4 is 21.8 Å². The van der Waals surface area contributed by atoms with Crippen LogP contribution in [0.15, 0.2) is 0 Å². The Kier molecular flexibility index (Phi) is 7.18. The fourth-order valence-corrected chi connectivity index (χ4v) is 1.28. The highest BCUT2D eigenvalue weighted by atomic mass is 79.9. The highest BCUT2D eigenvalue weighted by Crippen LogP contribution is 2.13. The summed E-state index contributed by atoms with van der Waals surface area (Å²) in [6, 6.07) is 0.0845. The van der Waals surface area contributed by atoms with Crippen molar-refractivity contribution in [1.82, 2.24) is 5.32 Å². The normalized spacial score (nSPS) is 15.5. The third kappa shape index (κ3) is 5.52. The lowest BCUT2D eigenvalue weighted by molar-refractivity contribution is -0.122. The number of carbonyl (C=O) groups excluding carboxylic acids is 1. The van der Waals surface area contributed by atoms with Crippen LogP contribution in [0.1, 0.15) is 27.7 Å². The lowest BCUT2D eigenvalue weighted by Gasteiger charge is -2.24. The molecule has 15 heavy (non-hydrogen) atoms. The summed E-state index contributed by atoms with van der Waals surface area (Å²) < 4.78 is 5.08. The molecule has 0 fully saturated rings. The maximum absolute atomic E-state index is 11.8. The number of hydrogen-bond donors (Lipinski definition) is 1. The van der Waals surface area contributed by atoms with Gasteiger partial charge in [0.05, 0.1) is 17.5 Å². The van der Waals surface area contributed by atoms with E-state index in [2.05, 4.69) is 35.1 Å². The van der Waals surface area contributed by atoms with Crippen LogP contribution >= 0.6 is 15.9 Å². The smallest absolute Gasteiger partial charge is 0.234 e. The predicted molar refractivity (Wildman–Crippen MR) is 66.2 cm³/mol. The van der Waals surface area contributed by atoms with E-state index in [0.717, 1.165) is 0 Å². The van der Waals surface area contributed by atoms with E-state index < -0.39 is 0 Å². The van der Waals surface area contributed by atoms with E-state index in [1.165, 1.54) is 0 Å². The number of nitrogens with one attached hydrogen (secondary N) is 1. The number of halogens is 1. The van der Waals surface area contributed by atoms with Crippen LogP contribution < -0.4 is 5.32 Å². The van der Waals surface area contributed by atoms with Gasteiger partial charge in [0, 0.05) is 7.11 Å². The standard InChI is InChI=1S/C11H22BrNO2/c1-7(2)9(6-15-5)13-11(14)10(12)8(3)4/h7-10H,6H2,1-5H3,(H,13,14). The highest BCUT2D eigenvalue weighted by Gasteiger charge is 2.22. The van der Waals surface area contributed by atoms with Crippen LogP contribution in [0.2, 0.25) is 0 Å². The minimum absolute atomic E-state index is 0.0424. The van der Waals surface area contributed by atoms with Crippen LogP contribution in [0, 0.1) is 11.8 Å². The van der Waals surface area contributed by atoms with Crippen molar-refractivity contribution in [2.75, 3.05) is 13.7 Å². The van der Waals surface area contributed by atoms with Gasteiger partial charge in [-0.25, -0.2) is 0 Å². The van der Waals surface area contributed by atoms with Crippen LogP contribution in [-0.2, 0) is 9.53 Å². The molecular weight excluding hydrogens is 258 g/mol. The van der Waals surface area contributed by atoms with Crippen LogP contribution in [-0.4, -0.2) is 30.5 Å². The van der Waals surface area contributed by atoms with Crippen molar-refractivity contribution in [1.29, 1.82) is 0 Å². The van der Waals surface area contributed by atoms with Crippen molar-refractivity contribution < 1.29 is 9.53 Å². The first-order valence-corrected chi connectivity index (χ1v) is 6.25. The van der Waals surface area contributed by atoms with Crippen LogP contribution in [0.3, 0.4) is 0 Å². The topological polar surface area (TPSA) is 38.3 Å². The molecule has 0 saturated carbocycles. The summed E-state index contributed by atoms with van der Waals surface area (Å²) in [6.07, 6.45) is 0. The lowest BCUT2D eigenvalue weighted by atomic mass is 10.0. The number of alkyl halides is 1. The molecule has 1 amide bonds. The molecule has 0 radical (unpaired) electrons. The number of amides is 1. The summed E-state index contributed by atoms with van der Waals surface area (Å²) in [5.74, 6) is 0.710. The van der Waals surface area contributed by atoms with Gasteiger partial charge in [-0.2, -0.15) is 0 Å². The van der Waals surface area contributed by atoms with Gasteiger partial charge in [0.1, 0.15) is 0 Å². The van der Waals surface area contributed by atoms with Gasteiger partial charge in [-0.05, 0) is 11.8 Å². The SMILES string of the molecule is COCC(NC(=O)C(Br)C(C)C)C(C)C. The minimum atomic E-state index is -0.129. The Morgan fingerprint density at radius 2 is 1.80 bits per heavy atom. The van der Waals surface area contributed by atoms with Gasteiger partial charge in [0.2, 0.25) is 5.91 Å². The monoisotopic (exact) mass is 279 g/mol. The van der Waals surface area contributed by atoms with Gasteiger partial charge in [0.15, 0.2) is 0 Å². The molecule has 0 aromatic rings. The Morgan fingerprint density at radius 1 is 1.27 bits per heavy atom. The second-order valence-corrected chi connectivity index (χ2v) is 5.45. The summed E-state index contributed by atoms with van der Waals surface area (Å²) in [5, 5.41) is 2.99. The zero-order valence-corrected chi connectivity index (χ0v) is 11.8.